The molecule has 0 radical (unpaired) electrons. The molecule has 1 saturated heterocycles. The maximum atomic E-state index is 12.3. The largest absolute Gasteiger partial charge is 0.481 e. The van der Waals surface area contributed by atoms with Gasteiger partial charge in [0.1, 0.15) is 0 Å². The van der Waals surface area contributed by atoms with Crippen LogP contribution in [0.3, 0.4) is 0 Å². The van der Waals surface area contributed by atoms with E-state index in [1.54, 1.807) is 16.2 Å². The topological polar surface area (TPSA) is 78.9 Å². The summed E-state index contributed by atoms with van der Waals surface area (Å²) in [6.45, 7) is 3.10. The van der Waals surface area contributed by atoms with E-state index in [1.807, 2.05) is 24.4 Å². The summed E-state index contributed by atoms with van der Waals surface area (Å²) in [5.41, 5.74) is 0. The van der Waals surface area contributed by atoms with Crippen LogP contribution in [0.4, 0.5) is 4.79 Å². The Kier molecular flexibility index (Phi) is 5.58. The number of nitrogens with one attached hydrogen (secondary N) is 1. The second-order valence-electron chi connectivity index (χ2n) is 5.15. The van der Waals surface area contributed by atoms with E-state index >= 15 is 0 Å². The quantitative estimate of drug-likeness (QED) is 0.865. The van der Waals surface area contributed by atoms with Gasteiger partial charge in [-0.25, -0.2) is 4.79 Å². The molecular weight excluding hydrogens is 292 g/mol. The average molecular weight is 312 g/mol. The number of urea groups is 1. The zero-order chi connectivity index (χ0) is 15.2. The second-order valence-corrected chi connectivity index (χ2v) is 6.19. The second kappa shape index (κ2) is 7.42. The maximum Gasteiger partial charge on any atom is 0.318 e. The zero-order valence-corrected chi connectivity index (χ0v) is 12.8. The molecule has 1 aromatic heterocycles. The molecule has 1 aliphatic rings. The summed E-state index contributed by atoms with van der Waals surface area (Å²) in [6, 6.07) is 3.41. The summed E-state index contributed by atoms with van der Waals surface area (Å²) in [7, 11) is 0. The van der Waals surface area contributed by atoms with Crippen molar-refractivity contribution in [2.45, 2.75) is 31.8 Å². The first kappa shape index (κ1) is 15.8. The minimum Gasteiger partial charge on any atom is -0.481 e. The maximum absolute atomic E-state index is 12.3. The third kappa shape index (κ3) is 4.71. The Hall–Kier alpha value is -1.60. The van der Waals surface area contributed by atoms with Crippen molar-refractivity contribution in [3.05, 3.63) is 22.4 Å². The van der Waals surface area contributed by atoms with Gasteiger partial charge in [-0.3, -0.25) is 4.79 Å². The number of carbonyl (C=O) groups is 2. The molecule has 1 aliphatic heterocycles. The van der Waals surface area contributed by atoms with E-state index in [9.17, 15) is 9.59 Å². The van der Waals surface area contributed by atoms with Gasteiger partial charge in [0.05, 0.1) is 25.7 Å². The fourth-order valence-electron chi connectivity index (χ4n) is 2.37. The number of hydrogen-bond donors (Lipinski definition) is 2. The number of hydrogen-bond acceptors (Lipinski definition) is 4. The molecule has 0 spiro atoms. The highest BCUT2D eigenvalue weighted by molar-refractivity contribution is 7.09. The van der Waals surface area contributed by atoms with E-state index < -0.39 is 12.0 Å². The van der Waals surface area contributed by atoms with Crippen LogP contribution in [0.1, 0.15) is 18.2 Å². The van der Waals surface area contributed by atoms with E-state index in [2.05, 4.69) is 5.32 Å². The fourth-order valence-corrected chi connectivity index (χ4v) is 3.20. The van der Waals surface area contributed by atoms with Crippen molar-refractivity contribution in [2.24, 2.45) is 0 Å². The average Bonchev–Trinajstić information content (AvgIpc) is 2.91. The molecule has 2 atom stereocenters. The molecule has 6 nitrogen and oxygen atoms in total. The molecule has 2 rings (SSSR count). The minimum absolute atomic E-state index is 0.00414. The van der Waals surface area contributed by atoms with E-state index in [1.165, 1.54) is 4.88 Å². The number of morpholine rings is 1. The highest BCUT2D eigenvalue weighted by atomic mass is 32.1. The fraction of sp³-hybridized carbons (Fsp3) is 0.571. The predicted octanol–water partition coefficient (Wildman–Crippen LogP) is 1.56. The first-order chi connectivity index (χ1) is 10.1. The number of carboxylic acids is 1. The van der Waals surface area contributed by atoms with Crippen molar-refractivity contribution in [1.82, 2.24) is 10.2 Å². The van der Waals surface area contributed by atoms with Crippen LogP contribution in [0.25, 0.3) is 0 Å². The van der Waals surface area contributed by atoms with Crippen LogP contribution < -0.4 is 5.32 Å². The van der Waals surface area contributed by atoms with Crippen molar-refractivity contribution in [1.29, 1.82) is 0 Å². The summed E-state index contributed by atoms with van der Waals surface area (Å²) < 4.78 is 5.27. The monoisotopic (exact) mass is 312 g/mol. The predicted molar refractivity (Wildman–Crippen MR) is 79.6 cm³/mol. The minimum atomic E-state index is -0.921. The van der Waals surface area contributed by atoms with Crippen LogP contribution in [0.2, 0.25) is 0 Å². The van der Waals surface area contributed by atoms with E-state index in [4.69, 9.17) is 9.84 Å². The summed E-state index contributed by atoms with van der Waals surface area (Å²) in [6.07, 6.45) is 0.685. The normalized spacial score (nSPS) is 20.0. The number of nitrogens with zero attached hydrogens (tertiary/aromatic N) is 1. The van der Waals surface area contributed by atoms with Crippen LogP contribution in [-0.2, 0) is 16.0 Å². The Morgan fingerprint density at radius 1 is 1.62 bits per heavy atom. The van der Waals surface area contributed by atoms with Crippen LogP contribution in [0.15, 0.2) is 17.5 Å². The van der Waals surface area contributed by atoms with Gasteiger partial charge in [-0.1, -0.05) is 6.07 Å². The lowest BCUT2D eigenvalue weighted by atomic mass is 10.1. The number of rotatable bonds is 5. The van der Waals surface area contributed by atoms with Crippen LogP contribution in [0.5, 0.6) is 0 Å². The van der Waals surface area contributed by atoms with Crippen molar-refractivity contribution in [2.75, 3.05) is 19.8 Å². The third-order valence-corrected chi connectivity index (χ3v) is 4.25. The van der Waals surface area contributed by atoms with Gasteiger partial charge in [0.15, 0.2) is 0 Å². The Bertz CT molecular complexity index is 477. The number of aliphatic carboxylic acids is 1. The number of ether oxygens (including phenoxy) is 1. The number of amides is 2. The molecule has 2 unspecified atom stereocenters. The molecule has 0 aromatic carbocycles. The van der Waals surface area contributed by atoms with Gasteiger partial charge < -0.3 is 20.1 Å². The van der Waals surface area contributed by atoms with E-state index in [0.29, 0.717) is 13.2 Å². The number of carboxylic acid groups (broad SMARTS) is 1. The molecule has 0 bridgehead atoms. The molecule has 7 heteroatoms. The van der Waals surface area contributed by atoms with Crippen molar-refractivity contribution in [3.63, 3.8) is 0 Å². The van der Waals surface area contributed by atoms with Gasteiger partial charge >= 0.3 is 12.0 Å². The Balaban J connectivity index is 1.89. The third-order valence-electron chi connectivity index (χ3n) is 3.36. The standard InChI is InChI=1S/C14H20N2O4S/c1-10(7-12-3-2-6-21-12)15-14(19)16-4-5-20-9-11(16)8-13(17)18/h2-3,6,10-11H,4-5,7-9H2,1H3,(H,15,19)(H,17,18). The Labute approximate surface area is 127 Å². The lowest BCUT2D eigenvalue weighted by molar-refractivity contribution is -0.139. The van der Waals surface area contributed by atoms with Gasteiger partial charge in [0.2, 0.25) is 0 Å². The smallest absolute Gasteiger partial charge is 0.318 e. The number of carbonyl (C=O) groups excluding carboxylic acids is 1. The highest BCUT2D eigenvalue weighted by Gasteiger charge is 2.29. The molecule has 1 fully saturated rings. The summed E-state index contributed by atoms with van der Waals surface area (Å²) in [5, 5.41) is 13.9. The molecule has 0 saturated carbocycles. The van der Waals surface area contributed by atoms with Crippen molar-refractivity contribution >= 4 is 23.3 Å². The molecular formula is C14H20N2O4S. The van der Waals surface area contributed by atoms with Gasteiger partial charge in [-0.05, 0) is 18.4 Å². The van der Waals surface area contributed by atoms with E-state index in [0.717, 1.165) is 6.42 Å². The van der Waals surface area contributed by atoms with Gasteiger partial charge in [0.25, 0.3) is 0 Å². The summed E-state index contributed by atoms with van der Waals surface area (Å²) in [5.74, 6) is -0.921. The molecule has 1 aromatic rings. The lowest BCUT2D eigenvalue weighted by Gasteiger charge is -2.35. The summed E-state index contributed by atoms with van der Waals surface area (Å²) >= 11 is 1.66. The molecule has 0 aliphatic carbocycles. The Morgan fingerprint density at radius 2 is 2.43 bits per heavy atom. The van der Waals surface area contributed by atoms with Gasteiger partial charge in [0, 0.05) is 23.9 Å². The molecule has 21 heavy (non-hydrogen) atoms. The van der Waals surface area contributed by atoms with Gasteiger partial charge in [-0.2, -0.15) is 0 Å². The lowest BCUT2D eigenvalue weighted by Crippen LogP contribution is -2.54. The molecule has 116 valence electrons. The molecule has 2 heterocycles. The molecule has 2 N–H and O–H groups in total. The van der Waals surface area contributed by atoms with Gasteiger partial charge in [-0.15, -0.1) is 11.3 Å². The zero-order valence-electron chi connectivity index (χ0n) is 11.9. The first-order valence-electron chi connectivity index (χ1n) is 6.95. The number of thiophene rings is 1. The van der Waals surface area contributed by atoms with Crippen LogP contribution in [0, 0.1) is 0 Å². The summed E-state index contributed by atoms with van der Waals surface area (Å²) in [4.78, 5) is 25.9. The first-order valence-corrected chi connectivity index (χ1v) is 7.83. The van der Waals surface area contributed by atoms with Crippen molar-refractivity contribution < 1.29 is 19.4 Å². The molecule has 2 amide bonds. The van der Waals surface area contributed by atoms with Crippen LogP contribution >= 0.6 is 11.3 Å². The highest BCUT2D eigenvalue weighted by Crippen LogP contribution is 2.13. The Morgan fingerprint density at radius 3 is 3.10 bits per heavy atom. The van der Waals surface area contributed by atoms with Crippen molar-refractivity contribution in [3.8, 4) is 0 Å². The van der Waals surface area contributed by atoms with Crippen LogP contribution in [-0.4, -0.2) is 53.8 Å². The van der Waals surface area contributed by atoms with E-state index in [-0.39, 0.29) is 25.1 Å². The SMILES string of the molecule is CC(Cc1cccs1)NC(=O)N1CCOCC1CC(=O)O.